The Morgan fingerprint density at radius 2 is 1.95 bits per heavy atom. The van der Waals surface area contributed by atoms with Crippen LogP contribution in [0.5, 0.6) is 0 Å². The van der Waals surface area contributed by atoms with E-state index in [2.05, 4.69) is 10.6 Å². The van der Waals surface area contributed by atoms with Crippen LogP contribution < -0.4 is 10.6 Å². The van der Waals surface area contributed by atoms with E-state index >= 15 is 0 Å². The summed E-state index contributed by atoms with van der Waals surface area (Å²) >= 11 is 0. The summed E-state index contributed by atoms with van der Waals surface area (Å²) in [5, 5.41) is 5.88. The fraction of sp³-hybridized carbons (Fsp3) is 0.562. The summed E-state index contributed by atoms with van der Waals surface area (Å²) in [6, 6.07) is 3.88. The van der Waals surface area contributed by atoms with Gasteiger partial charge in [0.25, 0.3) is 0 Å². The molecule has 5 heteroatoms. The number of anilines is 1. The summed E-state index contributed by atoms with van der Waals surface area (Å²) in [6.07, 6.45) is 6.58. The van der Waals surface area contributed by atoms with E-state index in [1.54, 1.807) is 0 Å². The molecule has 2 fully saturated rings. The third-order valence-electron chi connectivity index (χ3n) is 4.68. The van der Waals surface area contributed by atoms with Gasteiger partial charge in [-0.1, -0.05) is 18.9 Å². The highest BCUT2D eigenvalue weighted by atomic mass is 19.2. The Balaban J connectivity index is 1.64. The van der Waals surface area contributed by atoms with Crippen LogP contribution in [0.15, 0.2) is 18.2 Å². The second-order valence-corrected chi connectivity index (χ2v) is 6.04. The van der Waals surface area contributed by atoms with Crippen molar-refractivity contribution in [3.63, 3.8) is 0 Å². The molecule has 3 nitrogen and oxygen atoms in total. The summed E-state index contributed by atoms with van der Waals surface area (Å²) in [7, 11) is 0. The molecule has 21 heavy (non-hydrogen) atoms. The zero-order valence-corrected chi connectivity index (χ0v) is 11.9. The third kappa shape index (κ3) is 3.07. The number of hydrogen-bond donors (Lipinski definition) is 2. The number of rotatable bonds is 2. The van der Waals surface area contributed by atoms with Gasteiger partial charge in [-0.15, -0.1) is 0 Å². The van der Waals surface area contributed by atoms with Crippen LogP contribution in [0.25, 0.3) is 0 Å². The lowest BCUT2D eigenvalue weighted by molar-refractivity contribution is -0.119. The van der Waals surface area contributed by atoms with Gasteiger partial charge < -0.3 is 10.6 Å². The zero-order valence-electron chi connectivity index (χ0n) is 11.9. The van der Waals surface area contributed by atoms with Gasteiger partial charge in [0.1, 0.15) is 0 Å². The number of halogens is 2. The molecular weight excluding hydrogens is 274 g/mol. The molecule has 1 aromatic carbocycles. The van der Waals surface area contributed by atoms with Gasteiger partial charge in [0.05, 0.1) is 11.7 Å². The lowest BCUT2D eigenvalue weighted by Crippen LogP contribution is -2.53. The van der Waals surface area contributed by atoms with Gasteiger partial charge in [-0.2, -0.15) is 0 Å². The average Bonchev–Trinajstić information content (AvgIpc) is 2.51. The Hall–Kier alpha value is -1.49. The summed E-state index contributed by atoms with van der Waals surface area (Å²) in [5.41, 5.74) is -0.0902. The minimum absolute atomic E-state index is 0.0902. The molecule has 114 valence electrons. The lowest BCUT2D eigenvalue weighted by atomic mass is 9.77. The maximum Gasteiger partial charge on any atom is 0.241 e. The average molecular weight is 294 g/mol. The molecule has 3 rings (SSSR count). The molecule has 1 saturated carbocycles. The zero-order chi connectivity index (χ0) is 14.8. The fourth-order valence-corrected chi connectivity index (χ4v) is 3.52. The van der Waals surface area contributed by atoms with E-state index in [1.165, 1.54) is 31.4 Å². The number of benzene rings is 1. The van der Waals surface area contributed by atoms with Crippen molar-refractivity contribution in [3.8, 4) is 0 Å². The van der Waals surface area contributed by atoms with Crippen molar-refractivity contribution in [2.75, 3.05) is 5.32 Å². The van der Waals surface area contributed by atoms with Crippen molar-refractivity contribution in [2.24, 2.45) is 5.92 Å². The molecule has 3 atom stereocenters. The second kappa shape index (κ2) is 6.10. The predicted molar refractivity (Wildman–Crippen MR) is 76.9 cm³/mol. The van der Waals surface area contributed by atoms with Crippen molar-refractivity contribution < 1.29 is 13.6 Å². The SMILES string of the molecule is O=C(Nc1cccc(F)c1F)C1CCC2CCCCC2N1. The van der Waals surface area contributed by atoms with Gasteiger partial charge in [-0.05, 0) is 43.7 Å². The summed E-state index contributed by atoms with van der Waals surface area (Å²) in [6.45, 7) is 0. The molecule has 1 aliphatic carbocycles. The van der Waals surface area contributed by atoms with Crippen molar-refractivity contribution >= 4 is 11.6 Å². The fourth-order valence-electron chi connectivity index (χ4n) is 3.52. The molecule has 0 bridgehead atoms. The first-order valence-electron chi connectivity index (χ1n) is 7.66. The maximum atomic E-state index is 13.6. The first-order valence-corrected chi connectivity index (χ1v) is 7.66. The van der Waals surface area contributed by atoms with E-state index in [9.17, 15) is 13.6 Å². The molecule has 3 unspecified atom stereocenters. The van der Waals surface area contributed by atoms with E-state index in [-0.39, 0.29) is 17.6 Å². The summed E-state index contributed by atoms with van der Waals surface area (Å²) in [4.78, 5) is 12.2. The molecule has 1 heterocycles. The normalized spacial score (nSPS) is 28.8. The van der Waals surface area contributed by atoms with Gasteiger partial charge in [0, 0.05) is 6.04 Å². The van der Waals surface area contributed by atoms with Gasteiger partial charge in [0.15, 0.2) is 11.6 Å². The number of piperidine rings is 1. The van der Waals surface area contributed by atoms with Crippen molar-refractivity contribution in [3.05, 3.63) is 29.8 Å². The van der Waals surface area contributed by atoms with E-state index < -0.39 is 11.6 Å². The van der Waals surface area contributed by atoms with Crippen LogP contribution in [0.2, 0.25) is 0 Å². The van der Waals surface area contributed by atoms with Crippen molar-refractivity contribution in [1.29, 1.82) is 0 Å². The number of fused-ring (bicyclic) bond motifs is 1. The Morgan fingerprint density at radius 1 is 1.14 bits per heavy atom. The molecule has 0 radical (unpaired) electrons. The highest BCUT2D eigenvalue weighted by Gasteiger charge is 2.34. The number of carbonyl (C=O) groups excluding carboxylic acids is 1. The van der Waals surface area contributed by atoms with Gasteiger partial charge in [0.2, 0.25) is 5.91 Å². The van der Waals surface area contributed by atoms with E-state index in [0.29, 0.717) is 12.0 Å². The first kappa shape index (κ1) is 14.4. The Bertz CT molecular complexity index is 535. The minimum Gasteiger partial charge on any atom is -0.322 e. The molecule has 2 aliphatic rings. The summed E-state index contributed by atoms with van der Waals surface area (Å²) in [5.74, 6) is -1.56. The van der Waals surface area contributed by atoms with Crippen LogP contribution in [0.3, 0.4) is 0 Å². The van der Waals surface area contributed by atoms with Crippen LogP contribution in [-0.2, 0) is 4.79 Å². The Morgan fingerprint density at radius 3 is 2.81 bits per heavy atom. The molecule has 1 aliphatic heterocycles. The number of hydrogen-bond acceptors (Lipinski definition) is 2. The monoisotopic (exact) mass is 294 g/mol. The number of nitrogens with one attached hydrogen (secondary N) is 2. The van der Waals surface area contributed by atoms with Crippen LogP contribution in [0, 0.1) is 17.6 Å². The van der Waals surface area contributed by atoms with Crippen LogP contribution in [0.4, 0.5) is 14.5 Å². The van der Waals surface area contributed by atoms with E-state index in [0.717, 1.165) is 25.3 Å². The molecule has 1 amide bonds. The topological polar surface area (TPSA) is 41.1 Å². The first-order chi connectivity index (χ1) is 10.1. The Kier molecular flexibility index (Phi) is 4.19. The second-order valence-electron chi connectivity index (χ2n) is 6.04. The summed E-state index contributed by atoms with van der Waals surface area (Å²) < 4.78 is 26.7. The van der Waals surface area contributed by atoms with E-state index in [1.807, 2.05) is 0 Å². The molecule has 0 spiro atoms. The molecule has 2 N–H and O–H groups in total. The quantitative estimate of drug-likeness (QED) is 0.879. The predicted octanol–water partition coefficient (Wildman–Crippen LogP) is 3.21. The smallest absolute Gasteiger partial charge is 0.241 e. The molecule has 1 aromatic rings. The highest BCUT2D eigenvalue weighted by molar-refractivity contribution is 5.95. The van der Waals surface area contributed by atoms with Gasteiger partial charge in [-0.3, -0.25) is 4.79 Å². The van der Waals surface area contributed by atoms with Crippen LogP contribution in [-0.4, -0.2) is 18.0 Å². The van der Waals surface area contributed by atoms with E-state index in [4.69, 9.17) is 0 Å². The minimum atomic E-state index is -1.00. The van der Waals surface area contributed by atoms with Gasteiger partial charge in [-0.25, -0.2) is 8.78 Å². The van der Waals surface area contributed by atoms with Crippen LogP contribution in [0.1, 0.15) is 38.5 Å². The molecule has 1 saturated heterocycles. The standard InChI is InChI=1S/C16H20F2N2O/c17-11-5-3-7-13(15(11)18)20-16(21)14-9-8-10-4-1-2-6-12(10)19-14/h3,5,7,10,12,14,19H,1-2,4,6,8-9H2,(H,20,21). The Labute approximate surface area is 123 Å². The largest absolute Gasteiger partial charge is 0.322 e. The highest BCUT2D eigenvalue weighted by Crippen LogP contribution is 2.32. The van der Waals surface area contributed by atoms with Crippen LogP contribution >= 0.6 is 0 Å². The molecular formula is C16H20F2N2O. The number of amides is 1. The maximum absolute atomic E-state index is 13.6. The molecule has 0 aromatic heterocycles. The lowest BCUT2D eigenvalue weighted by Gasteiger charge is -2.39. The van der Waals surface area contributed by atoms with Crippen molar-refractivity contribution in [1.82, 2.24) is 5.32 Å². The third-order valence-corrected chi connectivity index (χ3v) is 4.68. The van der Waals surface area contributed by atoms with Gasteiger partial charge >= 0.3 is 0 Å². The number of carbonyl (C=O) groups is 1. The van der Waals surface area contributed by atoms with Crippen molar-refractivity contribution in [2.45, 2.75) is 50.6 Å².